The molecule has 7 heteroatoms. The van der Waals surface area contributed by atoms with Gasteiger partial charge in [-0.15, -0.1) is 0 Å². The third kappa shape index (κ3) is 4.60. The van der Waals surface area contributed by atoms with Gasteiger partial charge in [-0.05, 0) is 42.7 Å². The zero-order valence-corrected chi connectivity index (χ0v) is 16.9. The first-order chi connectivity index (χ1) is 14.0. The third-order valence-electron chi connectivity index (χ3n) is 5.86. The van der Waals surface area contributed by atoms with Crippen LogP contribution in [-0.2, 0) is 26.2 Å². The van der Waals surface area contributed by atoms with Crippen molar-refractivity contribution in [3.05, 3.63) is 64.7 Å². The van der Waals surface area contributed by atoms with Crippen molar-refractivity contribution >= 4 is 17.5 Å². The standard InChI is InChI=1S/C22H24ClFN2O3/c23-17-3-1-2-16(10-17)12-26-20(27)11-21(19-5-4-18(24)13-25-19)6-9-29-22(14-21)7-8-28-15-22/h1-5,10,13H,6-9,11-12,14-15H2,(H,26,27)/t21-,22-/m1/s1. The zero-order chi connectivity index (χ0) is 20.3. The number of amides is 1. The lowest BCUT2D eigenvalue weighted by Crippen LogP contribution is -2.50. The molecule has 2 aliphatic heterocycles. The average Bonchev–Trinajstić information content (AvgIpc) is 3.14. The molecule has 0 unspecified atom stereocenters. The number of pyridine rings is 1. The lowest BCUT2D eigenvalue weighted by Gasteiger charge is -2.45. The minimum Gasteiger partial charge on any atom is -0.378 e. The van der Waals surface area contributed by atoms with Crippen LogP contribution in [0.1, 0.15) is 36.9 Å². The Morgan fingerprint density at radius 2 is 2.14 bits per heavy atom. The van der Waals surface area contributed by atoms with Crippen molar-refractivity contribution < 1.29 is 18.7 Å². The zero-order valence-electron chi connectivity index (χ0n) is 16.1. The van der Waals surface area contributed by atoms with Crippen molar-refractivity contribution in [3.63, 3.8) is 0 Å². The maximum atomic E-state index is 13.5. The van der Waals surface area contributed by atoms with Crippen molar-refractivity contribution in [1.82, 2.24) is 10.3 Å². The minimum atomic E-state index is -0.516. The lowest BCUT2D eigenvalue weighted by molar-refractivity contribution is -0.130. The van der Waals surface area contributed by atoms with Crippen LogP contribution in [0.5, 0.6) is 0 Å². The first-order valence-corrected chi connectivity index (χ1v) is 10.2. The van der Waals surface area contributed by atoms with E-state index in [0.29, 0.717) is 44.2 Å². The van der Waals surface area contributed by atoms with E-state index < -0.39 is 11.0 Å². The summed E-state index contributed by atoms with van der Waals surface area (Å²) in [5.41, 5.74) is 0.749. The lowest BCUT2D eigenvalue weighted by atomic mass is 9.68. The summed E-state index contributed by atoms with van der Waals surface area (Å²) in [6.07, 6.45) is 3.55. The number of halogens is 2. The van der Waals surface area contributed by atoms with Crippen LogP contribution in [0.3, 0.4) is 0 Å². The second-order valence-electron chi connectivity index (χ2n) is 7.99. The molecule has 1 N–H and O–H groups in total. The van der Waals surface area contributed by atoms with Crippen LogP contribution in [0.4, 0.5) is 4.39 Å². The topological polar surface area (TPSA) is 60.5 Å². The van der Waals surface area contributed by atoms with Gasteiger partial charge in [0.25, 0.3) is 0 Å². The highest BCUT2D eigenvalue weighted by atomic mass is 35.5. The Morgan fingerprint density at radius 1 is 1.24 bits per heavy atom. The fourth-order valence-corrected chi connectivity index (χ4v) is 4.64. The fourth-order valence-electron chi connectivity index (χ4n) is 4.43. The summed E-state index contributed by atoms with van der Waals surface area (Å²) in [5, 5.41) is 3.62. The van der Waals surface area contributed by atoms with E-state index in [0.717, 1.165) is 17.7 Å². The number of nitrogens with zero attached hydrogens (tertiary/aromatic N) is 1. The van der Waals surface area contributed by atoms with Crippen LogP contribution in [0.25, 0.3) is 0 Å². The SMILES string of the molecule is O=C(C[C@]1(c2ccc(F)cn2)CCO[C@]2(CCOC2)C1)NCc1cccc(Cl)c1. The molecule has 0 bridgehead atoms. The summed E-state index contributed by atoms with van der Waals surface area (Å²) in [6.45, 7) is 2.08. The van der Waals surface area contributed by atoms with Crippen LogP contribution < -0.4 is 5.32 Å². The third-order valence-corrected chi connectivity index (χ3v) is 6.10. The van der Waals surface area contributed by atoms with Crippen molar-refractivity contribution in [2.45, 2.75) is 43.2 Å². The predicted octanol–water partition coefficient (Wildman–Crippen LogP) is 3.79. The van der Waals surface area contributed by atoms with Gasteiger partial charge in [0.15, 0.2) is 0 Å². The molecule has 0 saturated carbocycles. The molecular weight excluding hydrogens is 395 g/mol. The van der Waals surface area contributed by atoms with Gasteiger partial charge in [0.1, 0.15) is 5.82 Å². The van der Waals surface area contributed by atoms with Crippen molar-refractivity contribution in [2.24, 2.45) is 0 Å². The van der Waals surface area contributed by atoms with E-state index in [1.165, 1.54) is 12.3 Å². The molecular formula is C22H24ClFN2O3. The van der Waals surface area contributed by atoms with E-state index in [4.69, 9.17) is 21.1 Å². The van der Waals surface area contributed by atoms with Gasteiger partial charge in [0, 0.05) is 48.7 Å². The molecule has 2 atom stereocenters. The summed E-state index contributed by atoms with van der Waals surface area (Å²) < 4.78 is 25.1. The Kier molecular flexibility index (Phi) is 5.86. The van der Waals surface area contributed by atoms with Crippen LogP contribution in [0.15, 0.2) is 42.6 Å². The van der Waals surface area contributed by atoms with Gasteiger partial charge in [-0.1, -0.05) is 23.7 Å². The summed E-state index contributed by atoms with van der Waals surface area (Å²) in [7, 11) is 0. The van der Waals surface area contributed by atoms with Gasteiger partial charge in [0.2, 0.25) is 5.91 Å². The molecule has 4 rings (SSSR count). The second kappa shape index (κ2) is 8.38. The normalized spacial score (nSPS) is 26.6. The average molecular weight is 419 g/mol. The highest BCUT2D eigenvalue weighted by molar-refractivity contribution is 6.30. The smallest absolute Gasteiger partial charge is 0.221 e. The number of nitrogens with one attached hydrogen (secondary N) is 1. The van der Waals surface area contributed by atoms with E-state index in [1.807, 2.05) is 18.2 Å². The fraction of sp³-hybridized carbons (Fsp3) is 0.455. The first kappa shape index (κ1) is 20.3. The summed E-state index contributed by atoms with van der Waals surface area (Å²) in [5.74, 6) is -0.465. The molecule has 3 heterocycles. The van der Waals surface area contributed by atoms with Gasteiger partial charge in [0.05, 0.1) is 18.4 Å². The molecule has 2 saturated heterocycles. The summed E-state index contributed by atoms with van der Waals surface area (Å²) >= 11 is 6.02. The van der Waals surface area contributed by atoms with Crippen LogP contribution >= 0.6 is 11.6 Å². The number of carbonyl (C=O) groups is 1. The van der Waals surface area contributed by atoms with Crippen molar-refractivity contribution in [3.8, 4) is 0 Å². The molecule has 1 spiro atoms. The summed E-state index contributed by atoms with van der Waals surface area (Å²) in [4.78, 5) is 17.2. The molecule has 5 nitrogen and oxygen atoms in total. The van der Waals surface area contributed by atoms with Gasteiger partial charge >= 0.3 is 0 Å². The molecule has 29 heavy (non-hydrogen) atoms. The number of rotatable bonds is 5. The highest BCUT2D eigenvalue weighted by Crippen LogP contribution is 2.46. The Hall–Kier alpha value is -2.02. The van der Waals surface area contributed by atoms with Crippen molar-refractivity contribution in [1.29, 1.82) is 0 Å². The molecule has 154 valence electrons. The van der Waals surface area contributed by atoms with E-state index in [-0.39, 0.29) is 18.1 Å². The molecule has 1 amide bonds. The Morgan fingerprint density at radius 3 is 2.86 bits per heavy atom. The molecule has 1 aromatic carbocycles. The van der Waals surface area contributed by atoms with Crippen molar-refractivity contribution in [2.75, 3.05) is 19.8 Å². The first-order valence-electron chi connectivity index (χ1n) is 9.84. The maximum Gasteiger partial charge on any atom is 0.221 e. The van der Waals surface area contributed by atoms with Gasteiger partial charge in [-0.25, -0.2) is 4.39 Å². The maximum absolute atomic E-state index is 13.5. The Bertz CT molecular complexity index is 871. The number of hydrogen-bond donors (Lipinski definition) is 1. The molecule has 2 fully saturated rings. The van der Waals surface area contributed by atoms with Crippen LogP contribution in [0.2, 0.25) is 5.02 Å². The van der Waals surface area contributed by atoms with E-state index in [2.05, 4.69) is 10.3 Å². The van der Waals surface area contributed by atoms with Crippen LogP contribution in [-0.4, -0.2) is 36.3 Å². The molecule has 1 aromatic heterocycles. The Labute approximate surface area is 174 Å². The second-order valence-corrected chi connectivity index (χ2v) is 8.42. The number of ether oxygens (including phenoxy) is 2. The van der Waals surface area contributed by atoms with E-state index in [1.54, 1.807) is 12.1 Å². The highest BCUT2D eigenvalue weighted by Gasteiger charge is 2.50. The van der Waals surface area contributed by atoms with Gasteiger partial charge in [-0.2, -0.15) is 0 Å². The number of benzene rings is 1. The minimum absolute atomic E-state index is 0.0768. The molecule has 0 aliphatic carbocycles. The molecule has 0 radical (unpaired) electrons. The quantitative estimate of drug-likeness (QED) is 0.802. The van der Waals surface area contributed by atoms with Gasteiger partial charge in [-0.3, -0.25) is 9.78 Å². The van der Waals surface area contributed by atoms with E-state index >= 15 is 0 Å². The Balaban J connectivity index is 1.53. The predicted molar refractivity (Wildman–Crippen MR) is 107 cm³/mol. The van der Waals surface area contributed by atoms with Crippen LogP contribution in [0, 0.1) is 5.82 Å². The summed E-state index contributed by atoms with van der Waals surface area (Å²) in [6, 6.07) is 10.5. The monoisotopic (exact) mass is 418 g/mol. The van der Waals surface area contributed by atoms with E-state index in [9.17, 15) is 9.18 Å². The van der Waals surface area contributed by atoms with Gasteiger partial charge < -0.3 is 14.8 Å². The number of hydrogen-bond acceptors (Lipinski definition) is 4. The number of carbonyl (C=O) groups excluding carboxylic acids is 1. The molecule has 2 aromatic rings. The number of aromatic nitrogens is 1. The largest absolute Gasteiger partial charge is 0.378 e. The molecule has 2 aliphatic rings.